The lowest BCUT2D eigenvalue weighted by atomic mass is 9.79. The molecule has 0 amide bonds. The van der Waals surface area contributed by atoms with Crippen LogP contribution in [-0.2, 0) is 17.5 Å². The van der Waals surface area contributed by atoms with Crippen LogP contribution in [0.5, 0.6) is 5.75 Å². The van der Waals surface area contributed by atoms with E-state index >= 15 is 0 Å². The van der Waals surface area contributed by atoms with Gasteiger partial charge in [0.1, 0.15) is 11.3 Å². The monoisotopic (exact) mass is 545 g/mol. The van der Waals surface area contributed by atoms with Crippen LogP contribution in [0.25, 0.3) is 10.8 Å². The topological polar surface area (TPSA) is 58.6 Å². The molecule has 210 valence electrons. The van der Waals surface area contributed by atoms with Crippen molar-refractivity contribution >= 4 is 16.7 Å². The fourth-order valence-electron chi connectivity index (χ4n) is 5.86. The first kappa shape index (κ1) is 28.5. The molecule has 4 nitrogen and oxygen atoms in total. The van der Waals surface area contributed by atoms with Crippen LogP contribution in [-0.4, -0.2) is 29.4 Å². The van der Waals surface area contributed by atoms with E-state index in [1.807, 2.05) is 6.92 Å². The van der Waals surface area contributed by atoms with Crippen LogP contribution in [0.15, 0.2) is 30.3 Å². The molecule has 1 atom stereocenters. The Morgan fingerprint density at radius 1 is 0.974 bits per heavy atom. The number of carboxylic acids is 1. The molecule has 1 unspecified atom stereocenters. The number of nitrogens with one attached hydrogen (secondary N) is 1. The SMILES string of the molecule is CC(NCc1ccc2c(C(F)(F)F)c(O[C@H]3CC[C@@H](C(F)(F)F)CC3)ccc2c1)C1CCC(C(=O)O)CC1. The van der Waals surface area contributed by atoms with Crippen molar-refractivity contribution in [2.45, 2.75) is 89.3 Å². The van der Waals surface area contributed by atoms with Crippen LogP contribution in [0, 0.1) is 17.8 Å². The molecule has 0 aliphatic heterocycles. The molecule has 0 aromatic heterocycles. The summed E-state index contributed by atoms with van der Waals surface area (Å²) in [4.78, 5) is 11.2. The average molecular weight is 546 g/mol. The molecule has 0 bridgehead atoms. The van der Waals surface area contributed by atoms with Crippen molar-refractivity contribution in [3.63, 3.8) is 0 Å². The van der Waals surface area contributed by atoms with Gasteiger partial charge in [-0.25, -0.2) is 0 Å². The number of alkyl halides is 6. The molecule has 2 saturated carbocycles. The van der Waals surface area contributed by atoms with Crippen molar-refractivity contribution < 1.29 is 41.0 Å². The Hall–Kier alpha value is -2.49. The van der Waals surface area contributed by atoms with Crippen molar-refractivity contribution in [2.75, 3.05) is 0 Å². The molecule has 2 aliphatic rings. The Morgan fingerprint density at radius 2 is 1.63 bits per heavy atom. The van der Waals surface area contributed by atoms with Gasteiger partial charge in [0.05, 0.1) is 17.9 Å². The van der Waals surface area contributed by atoms with Crippen molar-refractivity contribution in [3.05, 3.63) is 41.5 Å². The highest BCUT2D eigenvalue weighted by atomic mass is 19.4. The first-order valence-electron chi connectivity index (χ1n) is 13.1. The molecule has 0 heterocycles. The molecule has 0 saturated heterocycles. The second-order valence-corrected chi connectivity index (χ2v) is 10.7. The van der Waals surface area contributed by atoms with Gasteiger partial charge in [-0.1, -0.05) is 18.2 Å². The third-order valence-corrected chi connectivity index (χ3v) is 8.22. The van der Waals surface area contributed by atoms with Crippen LogP contribution >= 0.6 is 0 Å². The maximum atomic E-state index is 14.1. The van der Waals surface area contributed by atoms with Crippen LogP contribution in [0.2, 0.25) is 0 Å². The summed E-state index contributed by atoms with van der Waals surface area (Å²) >= 11 is 0. The summed E-state index contributed by atoms with van der Waals surface area (Å²) < 4.78 is 86.8. The lowest BCUT2D eigenvalue weighted by molar-refractivity contribution is -0.185. The van der Waals surface area contributed by atoms with Gasteiger partial charge in [0.25, 0.3) is 0 Å². The van der Waals surface area contributed by atoms with Gasteiger partial charge >= 0.3 is 18.3 Å². The minimum atomic E-state index is -4.69. The zero-order chi connectivity index (χ0) is 27.7. The van der Waals surface area contributed by atoms with Crippen molar-refractivity contribution in [2.24, 2.45) is 17.8 Å². The zero-order valence-electron chi connectivity index (χ0n) is 21.2. The van der Waals surface area contributed by atoms with Gasteiger partial charge < -0.3 is 15.2 Å². The summed E-state index contributed by atoms with van der Waals surface area (Å²) in [5.41, 5.74) is -0.0909. The van der Waals surface area contributed by atoms with Crippen molar-refractivity contribution in [1.29, 1.82) is 0 Å². The fraction of sp³-hybridized carbons (Fsp3) is 0.607. The van der Waals surface area contributed by atoms with Gasteiger partial charge in [-0.05, 0) is 92.7 Å². The van der Waals surface area contributed by atoms with E-state index in [1.54, 1.807) is 18.2 Å². The van der Waals surface area contributed by atoms with E-state index in [0.717, 1.165) is 18.4 Å². The van der Waals surface area contributed by atoms with E-state index in [2.05, 4.69) is 5.32 Å². The maximum absolute atomic E-state index is 14.1. The number of hydrogen-bond acceptors (Lipinski definition) is 3. The summed E-state index contributed by atoms with van der Waals surface area (Å²) in [5, 5.41) is 13.0. The third kappa shape index (κ3) is 6.74. The second-order valence-electron chi connectivity index (χ2n) is 10.7. The predicted molar refractivity (Wildman–Crippen MR) is 131 cm³/mol. The molecule has 2 aromatic carbocycles. The summed E-state index contributed by atoms with van der Waals surface area (Å²) in [6, 6.07) is 7.71. The Kier molecular flexibility index (Phi) is 8.49. The average Bonchev–Trinajstić information content (AvgIpc) is 2.86. The first-order chi connectivity index (χ1) is 17.8. The molecule has 4 rings (SSSR count). The van der Waals surface area contributed by atoms with E-state index in [0.29, 0.717) is 30.7 Å². The highest BCUT2D eigenvalue weighted by Crippen LogP contribution is 2.44. The van der Waals surface area contributed by atoms with E-state index in [9.17, 15) is 36.2 Å². The number of benzene rings is 2. The summed E-state index contributed by atoms with van der Waals surface area (Å²) in [6.07, 6.45) is -6.94. The molecule has 0 spiro atoms. The molecule has 38 heavy (non-hydrogen) atoms. The van der Waals surface area contributed by atoms with Gasteiger partial charge in [0.2, 0.25) is 0 Å². The standard InChI is InChI=1S/C28H33F6NO3/c1-16(18-3-5-19(6-4-18)26(36)37)35-15-17-2-12-23-20(14-17)7-13-24(25(23)28(32,33)34)38-22-10-8-21(9-11-22)27(29,30)31/h2,7,12-14,16,18-19,21-22,35H,3-6,8-11,15H2,1H3,(H,36,37)/t16?,18?,19?,21-,22+. The largest absolute Gasteiger partial charge is 0.490 e. The van der Waals surface area contributed by atoms with E-state index in [-0.39, 0.29) is 48.8 Å². The number of fused-ring (bicyclic) bond motifs is 1. The lowest BCUT2D eigenvalue weighted by Gasteiger charge is -2.31. The normalized spacial score (nSPS) is 25.8. The van der Waals surface area contributed by atoms with E-state index in [1.165, 1.54) is 12.1 Å². The number of aliphatic carboxylic acids is 1. The number of carboxylic acid groups (broad SMARTS) is 1. The Bertz CT molecular complexity index is 1120. The smallest absolute Gasteiger partial charge is 0.420 e. The Balaban J connectivity index is 1.44. The van der Waals surface area contributed by atoms with Crippen LogP contribution in [0.4, 0.5) is 26.3 Å². The molecule has 2 N–H and O–H groups in total. The summed E-state index contributed by atoms with van der Waals surface area (Å²) in [6.45, 7) is 2.50. The minimum absolute atomic E-state index is 0.0113. The number of hydrogen-bond donors (Lipinski definition) is 2. The molecule has 2 fully saturated rings. The van der Waals surface area contributed by atoms with Gasteiger partial charge in [-0.15, -0.1) is 0 Å². The van der Waals surface area contributed by atoms with Crippen LogP contribution in [0.1, 0.15) is 69.4 Å². The fourth-order valence-corrected chi connectivity index (χ4v) is 5.86. The van der Waals surface area contributed by atoms with Crippen LogP contribution in [0.3, 0.4) is 0 Å². The highest BCUT2D eigenvalue weighted by Gasteiger charge is 2.43. The van der Waals surface area contributed by atoms with Gasteiger partial charge in [0, 0.05) is 12.6 Å². The number of rotatable bonds is 7. The Labute approximate surface area is 217 Å². The molecular formula is C28H33F6NO3. The molecule has 0 radical (unpaired) electrons. The van der Waals surface area contributed by atoms with Gasteiger partial charge in [-0.2, -0.15) is 26.3 Å². The highest BCUT2D eigenvalue weighted by molar-refractivity contribution is 5.89. The molecule has 2 aliphatic carbocycles. The van der Waals surface area contributed by atoms with Crippen molar-refractivity contribution in [3.8, 4) is 5.75 Å². The summed E-state index contributed by atoms with van der Waals surface area (Å²) in [5.74, 6) is -2.48. The quantitative estimate of drug-likeness (QED) is 0.350. The predicted octanol–water partition coefficient (Wildman–Crippen LogP) is 7.73. The van der Waals surface area contributed by atoms with E-state index < -0.39 is 35.9 Å². The van der Waals surface area contributed by atoms with Crippen molar-refractivity contribution in [1.82, 2.24) is 5.32 Å². The number of carbonyl (C=O) groups is 1. The summed E-state index contributed by atoms with van der Waals surface area (Å²) in [7, 11) is 0. The van der Waals surface area contributed by atoms with Gasteiger partial charge in [-0.3, -0.25) is 4.79 Å². The van der Waals surface area contributed by atoms with Gasteiger partial charge in [0.15, 0.2) is 0 Å². The molecule has 2 aromatic rings. The number of ether oxygens (including phenoxy) is 1. The Morgan fingerprint density at radius 3 is 2.21 bits per heavy atom. The molecular weight excluding hydrogens is 512 g/mol. The first-order valence-corrected chi connectivity index (χ1v) is 13.1. The zero-order valence-corrected chi connectivity index (χ0v) is 21.2. The second kappa shape index (κ2) is 11.3. The molecule has 10 heteroatoms. The number of halogens is 6. The third-order valence-electron chi connectivity index (χ3n) is 8.22. The minimum Gasteiger partial charge on any atom is -0.490 e. The van der Waals surface area contributed by atoms with E-state index in [4.69, 9.17) is 4.74 Å². The maximum Gasteiger partial charge on any atom is 0.420 e. The van der Waals surface area contributed by atoms with Crippen LogP contribution < -0.4 is 10.1 Å². The lowest BCUT2D eigenvalue weighted by Crippen LogP contribution is -2.36.